The maximum atomic E-state index is 4.41. The number of benzene rings is 1. The summed E-state index contributed by atoms with van der Waals surface area (Å²) in [5, 5.41) is 7.88. The summed E-state index contributed by atoms with van der Waals surface area (Å²) in [5.74, 6) is 0. The maximum absolute atomic E-state index is 4.41. The molecule has 1 N–H and O–H groups in total. The Labute approximate surface area is 85.7 Å². The molecule has 2 nitrogen and oxygen atoms in total. The summed E-state index contributed by atoms with van der Waals surface area (Å²) in [5.41, 5.74) is 1.57. The fraction of sp³-hybridized carbons (Fsp3) is 0.500. The Balaban J connectivity index is 2.27. The molecule has 75 valence electrons. The normalized spacial score (nSPS) is 20.6. The number of hydrogen-bond acceptors (Lipinski definition) is 1. The summed E-state index contributed by atoms with van der Waals surface area (Å²) >= 11 is 0. The summed E-state index contributed by atoms with van der Waals surface area (Å²) in [4.78, 5) is 0. The molecule has 0 amide bonds. The highest BCUT2D eigenvalue weighted by molar-refractivity contribution is 5.25. The van der Waals surface area contributed by atoms with Crippen molar-refractivity contribution in [2.24, 2.45) is 0 Å². The third kappa shape index (κ3) is 1.68. The number of nitrogens with one attached hydrogen (secondary N) is 1. The van der Waals surface area contributed by atoms with Gasteiger partial charge in [0, 0.05) is 18.6 Å². The van der Waals surface area contributed by atoms with Gasteiger partial charge in [-0.2, -0.15) is 0 Å². The van der Waals surface area contributed by atoms with E-state index in [1.807, 2.05) is 0 Å². The van der Waals surface area contributed by atoms with E-state index in [2.05, 4.69) is 48.0 Å². The van der Waals surface area contributed by atoms with E-state index >= 15 is 0 Å². The van der Waals surface area contributed by atoms with Crippen molar-refractivity contribution in [2.45, 2.75) is 18.4 Å². The van der Waals surface area contributed by atoms with Crippen LogP contribution < -0.4 is 10.6 Å². The minimum absolute atomic E-state index is 0.170. The SMILES string of the molecule is CNC1(c2ccccc2)CC[N]CC1. The summed E-state index contributed by atoms with van der Waals surface area (Å²) in [6.45, 7) is 1.96. The Morgan fingerprint density at radius 1 is 1.14 bits per heavy atom. The second-order valence-corrected chi connectivity index (χ2v) is 3.87. The Morgan fingerprint density at radius 2 is 1.79 bits per heavy atom. The second kappa shape index (κ2) is 4.11. The van der Waals surface area contributed by atoms with Gasteiger partial charge < -0.3 is 5.32 Å². The van der Waals surface area contributed by atoms with Crippen LogP contribution in [0.15, 0.2) is 30.3 Å². The van der Waals surface area contributed by atoms with Crippen LogP contribution in [0, 0.1) is 0 Å². The first-order chi connectivity index (χ1) is 6.87. The molecule has 0 aliphatic carbocycles. The van der Waals surface area contributed by atoms with Gasteiger partial charge in [0.15, 0.2) is 0 Å². The number of rotatable bonds is 2. The molecule has 0 aromatic heterocycles. The third-order valence-corrected chi connectivity index (χ3v) is 3.20. The van der Waals surface area contributed by atoms with Gasteiger partial charge >= 0.3 is 0 Å². The lowest BCUT2D eigenvalue weighted by atomic mass is 9.82. The largest absolute Gasteiger partial charge is 0.310 e. The number of piperidine rings is 1. The Hall–Kier alpha value is -0.860. The van der Waals surface area contributed by atoms with Crippen molar-refractivity contribution in [1.82, 2.24) is 10.6 Å². The summed E-state index contributed by atoms with van der Waals surface area (Å²) in [6.07, 6.45) is 2.24. The van der Waals surface area contributed by atoms with Crippen LogP contribution in [0.4, 0.5) is 0 Å². The van der Waals surface area contributed by atoms with Gasteiger partial charge in [0.05, 0.1) is 0 Å². The fourth-order valence-electron chi connectivity index (χ4n) is 2.22. The van der Waals surface area contributed by atoms with Crippen molar-refractivity contribution in [1.29, 1.82) is 0 Å². The molecule has 0 bridgehead atoms. The second-order valence-electron chi connectivity index (χ2n) is 3.87. The smallest absolute Gasteiger partial charge is 0.0457 e. The highest BCUT2D eigenvalue weighted by atomic mass is 15.0. The van der Waals surface area contributed by atoms with Crippen LogP contribution >= 0.6 is 0 Å². The van der Waals surface area contributed by atoms with Crippen molar-refractivity contribution in [3.05, 3.63) is 35.9 Å². The lowest BCUT2D eigenvalue weighted by Crippen LogP contribution is -2.46. The van der Waals surface area contributed by atoms with Gasteiger partial charge in [-0.1, -0.05) is 30.3 Å². The zero-order chi connectivity index (χ0) is 9.86. The molecule has 1 saturated heterocycles. The van der Waals surface area contributed by atoms with Crippen molar-refractivity contribution in [2.75, 3.05) is 20.1 Å². The van der Waals surface area contributed by atoms with E-state index in [9.17, 15) is 0 Å². The number of hydrogen-bond donors (Lipinski definition) is 1. The van der Waals surface area contributed by atoms with Crippen LogP contribution in [0.3, 0.4) is 0 Å². The molecule has 1 fully saturated rings. The average molecular weight is 189 g/mol. The lowest BCUT2D eigenvalue weighted by Gasteiger charge is -2.37. The molecule has 2 rings (SSSR count). The molecular weight excluding hydrogens is 172 g/mol. The van der Waals surface area contributed by atoms with Gasteiger partial charge in [-0.15, -0.1) is 0 Å². The van der Waals surface area contributed by atoms with Gasteiger partial charge in [-0.25, -0.2) is 5.32 Å². The summed E-state index contributed by atoms with van der Waals surface area (Å²) < 4.78 is 0. The van der Waals surface area contributed by atoms with Crippen LogP contribution in [0.25, 0.3) is 0 Å². The van der Waals surface area contributed by atoms with Crippen LogP contribution in [-0.4, -0.2) is 20.1 Å². The Morgan fingerprint density at radius 3 is 2.36 bits per heavy atom. The first-order valence-electron chi connectivity index (χ1n) is 5.25. The van der Waals surface area contributed by atoms with Crippen molar-refractivity contribution < 1.29 is 0 Å². The van der Waals surface area contributed by atoms with Crippen molar-refractivity contribution >= 4 is 0 Å². The standard InChI is InChI=1S/C12H17N2/c1-13-12(7-9-14-10-8-12)11-5-3-2-4-6-11/h2-6,13H,7-10H2,1H3. The van der Waals surface area contributed by atoms with Crippen molar-refractivity contribution in [3.63, 3.8) is 0 Å². The molecule has 0 unspecified atom stereocenters. The van der Waals surface area contributed by atoms with Crippen LogP contribution in [0.5, 0.6) is 0 Å². The van der Waals surface area contributed by atoms with Gasteiger partial charge in [-0.05, 0) is 25.5 Å². The number of nitrogens with zero attached hydrogens (tertiary/aromatic N) is 1. The molecule has 0 spiro atoms. The van der Waals surface area contributed by atoms with Crippen molar-refractivity contribution in [3.8, 4) is 0 Å². The molecule has 2 heteroatoms. The average Bonchev–Trinajstić information content (AvgIpc) is 2.31. The molecule has 0 atom stereocenters. The minimum Gasteiger partial charge on any atom is -0.310 e. The molecule has 1 heterocycles. The van der Waals surface area contributed by atoms with E-state index < -0.39 is 0 Å². The lowest BCUT2D eigenvalue weighted by molar-refractivity contribution is 0.261. The minimum atomic E-state index is 0.170. The van der Waals surface area contributed by atoms with Crippen LogP contribution in [0.2, 0.25) is 0 Å². The fourth-order valence-corrected chi connectivity index (χ4v) is 2.22. The first kappa shape index (κ1) is 9.69. The summed E-state index contributed by atoms with van der Waals surface area (Å²) in [6, 6.07) is 10.7. The van der Waals surface area contributed by atoms with E-state index in [1.54, 1.807) is 0 Å². The zero-order valence-electron chi connectivity index (χ0n) is 8.66. The quantitative estimate of drug-likeness (QED) is 0.749. The Bertz CT molecular complexity index is 276. The zero-order valence-corrected chi connectivity index (χ0v) is 8.66. The Kier molecular flexibility index (Phi) is 2.85. The molecule has 1 aliphatic heterocycles. The van der Waals surface area contributed by atoms with Gasteiger partial charge in [0.2, 0.25) is 0 Å². The molecule has 0 saturated carbocycles. The topological polar surface area (TPSA) is 26.1 Å². The van der Waals surface area contributed by atoms with E-state index in [4.69, 9.17) is 0 Å². The third-order valence-electron chi connectivity index (χ3n) is 3.20. The molecule has 1 aromatic rings. The van der Waals surface area contributed by atoms with E-state index in [1.165, 1.54) is 5.56 Å². The molecule has 14 heavy (non-hydrogen) atoms. The molecule has 1 aliphatic rings. The highest BCUT2D eigenvalue weighted by Gasteiger charge is 2.31. The first-order valence-corrected chi connectivity index (χ1v) is 5.25. The molecular formula is C12H17N2. The van der Waals surface area contributed by atoms with E-state index in [0.717, 1.165) is 25.9 Å². The predicted octanol–water partition coefficient (Wildman–Crippen LogP) is 1.50. The summed E-state index contributed by atoms with van der Waals surface area (Å²) in [7, 11) is 2.05. The molecule has 1 aromatic carbocycles. The molecule has 1 radical (unpaired) electrons. The monoisotopic (exact) mass is 189 g/mol. The van der Waals surface area contributed by atoms with Gasteiger partial charge in [0.25, 0.3) is 0 Å². The maximum Gasteiger partial charge on any atom is 0.0457 e. The van der Waals surface area contributed by atoms with E-state index in [0.29, 0.717) is 0 Å². The van der Waals surface area contributed by atoms with Gasteiger partial charge in [-0.3, -0.25) is 0 Å². The van der Waals surface area contributed by atoms with Crippen LogP contribution in [-0.2, 0) is 5.54 Å². The predicted molar refractivity (Wildman–Crippen MR) is 58.3 cm³/mol. The van der Waals surface area contributed by atoms with E-state index in [-0.39, 0.29) is 5.54 Å². The highest BCUT2D eigenvalue weighted by Crippen LogP contribution is 2.30. The van der Waals surface area contributed by atoms with Gasteiger partial charge in [0.1, 0.15) is 0 Å². The van der Waals surface area contributed by atoms with Crippen LogP contribution in [0.1, 0.15) is 18.4 Å².